The molecule has 0 aliphatic rings. The molecule has 0 bridgehead atoms. The molecule has 0 aliphatic heterocycles. The molecule has 0 saturated heterocycles. The second kappa shape index (κ2) is 7.21. The topological polar surface area (TPSA) is 67.4 Å². The summed E-state index contributed by atoms with van der Waals surface area (Å²) in [5, 5.41) is 5.42. The number of rotatable bonds is 4. The quantitative estimate of drug-likeness (QED) is 0.898. The van der Waals surface area contributed by atoms with Crippen molar-refractivity contribution in [2.24, 2.45) is 0 Å². The normalized spacial score (nSPS) is 10.2. The van der Waals surface area contributed by atoms with Crippen molar-refractivity contribution in [2.45, 2.75) is 19.9 Å². The van der Waals surface area contributed by atoms with Gasteiger partial charge < -0.3 is 10.1 Å². The van der Waals surface area contributed by atoms with Gasteiger partial charge in [-0.05, 0) is 32.0 Å². The summed E-state index contributed by atoms with van der Waals surface area (Å²) >= 11 is 11.6. The molecular formula is C12H14Cl2N2O3. The van der Waals surface area contributed by atoms with Crippen LogP contribution in [0, 0.1) is 0 Å². The lowest BCUT2D eigenvalue weighted by Gasteiger charge is -2.10. The molecule has 2 N–H and O–H groups in total. The zero-order valence-electron chi connectivity index (χ0n) is 10.5. The van der Waals surface area contributed by atoms with E-state index >= 15 is 0 Å². The first-order chi connectivity index (χ1) is 8.88. The van der Waals surface area contributed by atoms with Crippen LogP contribution in [0.5, 0.6) is 5.75 Å². The highest BCUT2D eigenvalue weighted by atomic mass is 35.5. The maximum Gasteiger partial charge on any atom is 0.321 e. The Morgan fingerprint density at radius 1 is 1.32 bits per heavy atom. The molecule has 0 unspecified atom stereocenters. The molecule has 0 spiro atoms. The van der Waals surface area contributed by atoms with E-state index in [2.05, 4.69) is 10.6 Å². The molecule has 0 aromatic heterocycles. The minimum Gasteiger partial charge on any atom is -0.482 e. The Morgan fingerprint density at radius 3 is 2.58 bits per heavy atom. The van der Waals surface area contributed by atoms with Gasteiger partial charge >= 0.3 is 6.03 Å². The Balaban J connectivity index is 2.44. The van der Waals surface area contributed by atoms with Crippen LogP contribution in [0.4, 0.5) is 4.79 Å². The number of urea groups is 1. The Morgan fingerprint density at radius 2 is 2.00 bits per heavy atom. The maximum atomic E-state index is 11.4. The van der Waals surface area contributed by atoms with Gasteiger partial charge in [-0.1, -0.05) is 23.2 Å². The Hall–Kier alpha value is -1.46. The van der Waals surface area contributed by atoms with Gasteiger partial charge in [-0.15, -0.1) is 0 Å². The summed E-state index contributed by atoms with van der Waals surface area (Å²) in [5.74, 6) is -0.241. The molecule has 0 fully saturated rings. The summed E-state index contributed by atoms with van der Waals surface area (Å²) in [6.07, 6.45) is 0. The zero-order chi connectivity index (χ0) is 14.4. The predicted octanol–water partition coefficient (Wildman–Crippen LogP) is 2.61. The van der Waals surface area contributed by atoms with Gasteiger partial charge in [0.05, 0.1) is 5.02 Å². The van der Waals surface area contributed by atoms with Crippen molar-refractivity contribution in [3.63, 3.8) is 0 Å². The fraction of sp³-hybridized carbons (Fsp3) is 0.333. The number of hydrogen-bond acceptors (Lipinski definition) is 3. The van der Waals surface area contributed by atoms with Crippen molar-refractivity contribution in [2.75, 3.05) is 6.61 Å². The lowest BCUT2D eigenvalue weighted by Crippen LogP contribution is -2.44. The van der Waals surface area contributed by atoms with E-state index in [4.69, 9.17) is 27.9 Å². The van der Waals surface area contributed by atoms with Crippen LogP contribution in [0.15, 0.2) is 18.2 Å². The van der Waals surface area contributed by atoms with Crippen molar-refractivity contribution in [1.82, 2.24) is 10.6 Å². The molecule has 0 saturated carbocycles. The van der Waals surface area contributed by atoms with Crippen LogP contribution in [0.25, 0.3) is 0 Å². The van der Waals surface area contributed by atoms with Crippen LogP contribution in [0.1, 0.15) is 13.8 Å². The highest BCUT2D eigenvalue weighted by Gasteiger charge is 2.10. The number of hydrogen-bond donors (Lipinski definition) is 2. The Bertz CT molecular complexity index is 478. The minimum absolute atomic E-state index is 0.0561. The summed E-state index contributed by atoms with van der Waals surface area (Å²) in [5.41, 5.74) is 0. The van der Waals surface area contributed by atoms with E-state index in [0.29, 0.717) is 15.8 Å². The van der Waals surface area contributed by atoms with Crippen LogP contribution in [0.2, 0.25) is 10.0 Å². The van der Waals surface area contributed by atoms with Crippen LogP contribution >= 0.6 is 23.2 Å². The molecule has 3 amide bonds. The van der Waals surface area contributed by atoms with Gasteiger partial charge in [0.1, 0.15) is 5.75 Å². The molecule has 1 aromatic carbocycles. The van der Waals surface area contributed by atoms with Gasteiger partial charge in [0.25, 0.3) is 5.91 Å². The third kappa shape index (κ3) is 5.81. The van der Waals surface area contributed by atoms with Gasteiger partial charge in [-0.2, -0.15) is 0 Å². The molecule has 1 rings (SSSR count). The highest BCUT2D eigenvalue weighted by molar-refractivity contribution is 6.35. The Kier molecular flexibility index (Phi) is 5.92. The number of carbonyl (C=O) groups is 2. The zero-order valence-corrected chi connectivity index (χ0v) is 12.0. The molecule has 5 nitrogen and oxygen atoms in total. The highest BCUT2D eigenvalue weighted by Crippen LogP contribution is 2.27. The molecule has 1 aromatic rings. The van der Waals surface area contributed by atoms with E-state index in [1.165, 1.54) is 6.07 Å². The lowest BCUT2D eigenvalue weighted by molar-refractivity contribution is -0.122. The monoisotopic (exact) mass is 304 g/mol. The third-order valence-electron chi connectivity index (χ3n) is 1.93. The number of amides is 3. The molecule has 0 aliphatic carbocycles. The maximum absolute atomic E-state index is 11.4. The van der Waals surface area contributed by atoms with E-state index in [9.17, 15) is 9.59 Å². The summed E-state index contributed by atoms with van der Waals surface area (Å²) in [7, 11) is 0. The standard InChI is InChI=1S/C12H14Cl2N2O3/c1-7(2)15-12(18)16-11(17)6-19-10-4-3-8(13)5-9(10)14/h3-5,7H,6H2,1-2H3,(H2,15,16,17,18). The van der Waals surface area contributed by atoms with Gasteiger partial charge in [0.2, 0.25) is 0 Å². The molecule has 7 heteroatoms. The summed E-state index contributed by atoms with van der Waals surface area (Å²) in [6, 6.07) is 4.02. The number of nitrogens with one attached hydrogen (secondary N) is 2. The van der Waals surface area contributed by atoms with Gasteiger partial charge in [0.15, 0.2) is 6.61 Å². The number of carbonyl (C=O) groups excluding carboxylic acids is 2. The molecule has 19 heavy (non-hydrogen) atoms. The average Bonchev–Trinajstić information content (AvgIpc) is 2.26. The first-order valence-electron chi connectivity index (χ1n) is 5.56. The fourth-order valence-corrected chi connectivity index (χ4v) is 1.66. The van der Waals surface area contributed by atoms with E-state index in [-0.39, 0.29) is 12.6 Å². The largest absolute Gasteiger partial charge is 0.482 e. The van der Waals surface area contributed by atoms with Crippen molar-refractivity contribution >= 4 is 35.1 Å². The summed E-state index contributed by atoms with van der Waals surface area (Å²) in [4.78, 5) is 22.7. The fourth-order valence-electron chi connectivity index (χ4n) is 1.20. The van der Waals surface area contributed by atoms with Crippen LogP contribution in [-0.2, 0) is 4.79 Å². The van der Waals surface area contributed by atoms with E-state index in [1.54, 1.807) is 26.0 Å². The first kappa shape index (κ1) is 15.6. The van der Waals surface area contributed by atoms with E-state index < -0.39 is 11.9 Å². The van der Waals surface area contributed by atoms with Crippen LogP contribution in [-0.4, -0.2) is 24.6 Å². The number of ether oxygens (including phenoxy) is 1. The van der Waals surface area contributed by atoms with Crippen LogP contribution < -0.4 is 15.4 Å². The average molecular weight is 305 g/mol. The van der Waals surface area contributed by atoms with Crippen molar-refractivity contribution in [3.05, 3.63) is 28.2 Å². The number of benzene rings is 1. The SMILES string of the molecule is CC(C)NC(=O)NC(=O)COc1ccc(Cl)cc1Cl. The summed E-state index contributed by atoms with van der Waals surface area (Å²) < 4.78 is 5.18. The first-order valence-corrected chi connectivity index (χ1v) is 6.32. The lowest BCUT2D eigenvalue weighted by atomic mass is 10.3. The second-order valence-electron chi connectivity index (χ2n) is 4.04. The number of imide groups is 1. The van der Waals surface area contributed by atoms with Gasteiger partial charge in [0, 0.05) is 11.1 Å². The van der Waals surface area contributed by atoms with Gasteiger partial charge in [-0.3, -0.25) is 10.1 Å². The van der Waals surface area contributed by atoms with E-state index in [0.717, 1.165) is 0 Å². The molecule has 0 radical (unpaired) electrons. The van der Waals surface area contributed by atoms with Crippen LogP contribution in [0.3, 0.4) is 0 Å². The number of halogens is 2. The Labute approximate surface area is 121 Å². The molecule has 104 valence electrons. The minimum atomic E-state index is -0.566. The predicted molar refractivity (Wildman–Crippen MR) is 73.8 cm³/mol. The molecular weight excluding hydrogens is 291 g/mol. The second-order valence-corrected chi connectivity index (χ2v) is 4.88. The molecule has 0 atom stereocenters. The third-order valence-corrected chi connectivity index (χ3v) is 2.46. The van der Waals surface area contributed by atoms with Gasteiger partial charge in [-0.25, -0.2) is 4.79 Å². The summed E-state index contributed by atoms with van der Waals surface area (Å²) in [6.45, 7) is 3.26. The van der Waals surface area contributed by atoms with Crippen molar-refractivity contribution in [3.8, 4) is 5.75 Å². The smallest absolute Gasteiger partial charge is 0.321 e. The van der Waals surface area contributed by atoms with Crippen molar-refractivity contribution in [1.29, 1.82) is 0 Å². The van der Waals surface area contributed by atoms with Crippen molar-refractivity contribution < 1.29 is 14.3 Å². The molecule has 0 heterocycles. The van der Waals surface area contributed by atoms with E-state index in [1.807, 2.05) is 0 Å².